The third kappa shape index (κ3) is 4.13. The topological polar surface area (TPSA) is 84.6 Å². The molecule has 1 atom stereocenters. The van der Waals surface area contributed by atoms with Crippen molar-refractivity contribution in [1.29, 1.82) is 0 Å². The van der Waals surface area contributed by atoms with Crippen LogP contribution in [0.2, 0.25) is 0 Å². The monoisotopic (exact) mass is 266 g/mol. The fraction of sp³-hybridized carbons (Fsp3) is 0.500. The molecule has 0 aliphatic rings. The van der Waals surface area contributed by atoms with Crippen LogP contribution in [0.15, 0.2) is 18.2 Å². The second-order valence-corrected chi connectivity index (χ2v) is 4.78. The van der Waals surface area contributed by atoms with Crippen molar-refractivity contribution in [2.45, 2.75) is 26.3 Å². The molecular formula is C14H22N2O3. The number of ether oxygens (including phenoxy) is 1. The van der Waals surface area contributed by atoms with Gasteiger partial charge in [0.15, 0.2) is 0 Å². The average molecular weight is 266 g/mol. The Balaban J connectivity index is 2.87. The summed E-state index contributed by atoms with van der Waals surface area (Å²) in [7, 11) is 1.51. The molecule has 1 amide bonds. The van der Waals surface area contributed by atoms with Gasteiger partial charge in [0.1, 0.15) is 11.5 Å². The Bertz CT molecular complexity index is 433. The number of aromatic hydroxyl groups is 1. The molecule has 0 bridgehead atoms. The first-order valence-corrected chi connectivity index (χ1v) is 6.37. The SMILES string of the molecule is COc1ccc(O)c(C(=O)NC(CCN)C(C)C)c1. The van der Waals surface area contributed by atoms with Crippen LogP contribution in [-0.2, 0) is 0 Å². The molecule has 5 heteroatoms. The van der Waals surface area contributed by atoms with Gasteiger partial charge in [-0.25, -0.2) is 0 Å². The van der Waals surface area contributed by atoms with Crippen molar-refractivity contribution in [2.75, 3.05) is 13.7 Å². The first kappa shape index (κ1) is 15.3. The molecule has 5 nitrogen and oxygen atoms in total. The largest absolute Gasteiger partial charge is 0.507 e. The predicted octanol–water partition coefficient (Wildman–Crippen LogP) is 1.50. The smallest absolute Gasteiger partial charge is 0.255 e. The number of carbonyl (C=O) groups is 1. The minimum Gasteiger partial charge on any atom is -0.507 e. The number of phenolic OH excluding ortho intramolecular Hbond substituents is 1. The first-order valence-electron chi connectivity index (χ1n) is 6.37. The maximum Gasteiger partial charge on any atom is 0.255 e. The Morgan fingerprint density at radius 2 is 2.16 bits per heavy atom. The summed E-state index contributed by atoms with van der Waals surface area (Å²) in [6.45, 7) is 4.55. The summed E-state index contributed by atoms with van der Waals surface area (Å²) < 4.78 is 5.05. The van der Waals surface area contributed by atoms with Crippen molar-refractivity contribution < 1.29 is 14.6 Å². The Morgan fingerprint density at radius 3 is 2.68 bits per heavy atom. The number of nitrogens with one attached hydrogen (secondary N) is 1. The van der Waals surface area contributed by atoms with Crippen molar-refractivity contribution >= 4 is 5.91 Å². The van der Waals surface area contributed by atoms with Gasteiger partial charge in [0.2, 0.25) is 0 Å². The first-order chi connectivity index (χ1) is 8.99. The molecule has 1 aromatic carbocycles. The lowest BCUT2D eigenvalue weighted by atomic mass is 10.0. The molecule has 0 aliphatic carbocycles. The summed E-state index contributed by atoms with van der Waals surface area (Å²) in [6, 6.07) is 4.56. The molecule has 0 saturated heterocycles. The van der Waals surface area contributed by atoms with Crippen LogP contribution in [-0.4, -0.2) is 30.7 Å². The summed E-state index contributed by atoms with van der Waals surface area (Å²) in [5, 5.41) is 12.6. The van der Waals surface area contributed by atoms with Crippen LogP contribution < -0.4 is 15.8 Å². The van der Waals surface area contributed by atoms with Gasteiger partial charge in [-0.3, -0.25) is 4.79 Å². The summed E-state index contributed by atoms with van der Waals surface area (Å²) in [6.07, 6.45) is 0.703. The maximum atomic E-state index is 12.2. The lowest BCUT2D eigenvalue weighted by molar-refractivity contribution is 0.0921. The second-order valence-electron chi connectivity index (χ2n) is 4.78. The van der Waals surface area contributed by atoms with Crippen LogP contribution in [0.4, 0.5) is 0 Å². The van der Waals surface area contributed by atoms with Gasteiger partial charge in [0.25, 0.3) is 5.91 Å². The molecule has 1 aromatic rings. The van der Waals surface area contributed by atoms with Crippen LogP contribution in [0.1, 0.15) is 30.6 Å². The van der Waals surface area contributed by atoms with Gasteiger partial charge in [-0.15, -0.1) is 0 Å². The zero-order valence-electron chi connectivity index (χ0n) is 11.6. The van der Waals surface area contributed by atoms with E-state index in [0.29, 0.717) is 18.7 Å². The summed E-state index contributed by atoms with van der Waals surface area (Å²) in [5.74, 6) is 0.431. The predicted molar refractivity (Wildman–Crippen MR) is 74.4 cm³/mol. The highest BCUT2D eigenvalue weighted by Gasteiger charge is 2.19. The molecule has 1 rings (SSSR count). The highest BCUT2D eigenvalue weighted by Crippen LogP contribution is 2.23. The van der Waals surface area contributed by atoms with E-state index in [-0.39, 0.29) is 29.2 Å². The second kappa shape index (κ2) is 6.99. The molecule has 4 N–H and O–H groups in total. The van der Waals surface area contributed by atoms with Crippen LogP contribution in [0, 0.1) is 5.92 Å². The molecule has 0 saturated carbocycles. The Morgan fingerprint density at radius 1 is 1.47 bits per heavy atom. The van der Waals surface area contributed by atoms with E-state index in [4.69, 9.17) is 10.5 Å². The number of rotatable bonds is 6. The van der Waals surface area contributed by atoms with E-state index in [0.717, 1.165) is 0 Å². The highest BCUT2D eigenvalue weighted by molar-refractivity contribution is 5.97. The standard InChI is InChI=1S/C14H22N2O3/c1-9(2)12(6-7-15)16-14(18)11-8-10(19-3)4-5-13(11)17/h4-5,8-9,12,17H,6-7,15H2,1-3H3,(H,16,18). The number of amides is 1. The van der Waals surface area contributed by atoms with E-state index in [1.807, 2.05) is 13.8 Å². The molecule has 0 aromatic heterocycles. The molecule has 1 unspecified atom stereocenters. The van der Waals surface area contributed by atoms with E-state index >= 15 is 0 Å². The van der Waals surface area contributed by atoms with Gasteiger partial charge in [-0.2, -0.15) is 0 Å². The number of hydrogen-bond acceptors (Lipinski definition) is 4. The molecule has 0 heterocycles. The lowest BCUT2D eigenvalue weighted by Gasteiger charge is -2.22. The van der Waals surface area contributed by atoms with Crippen LogP contribution in [0.5, 0.6) is 11.5 Å². The number of phenols is 1. The Hall–Kier alpha value is -1.75. The fourth-order valence-electron chi connectivity index (χ4n) is 1.82. The minimum absolute atomic E-state index is 0.0110. The lowest BCUT2D eigenvalue weighted by Crippen LogP contribution is -2.39. The van der Waals surface area contributed by atoms with E-state index < -0.39 is 0 Å². The molecule has 106 valence electrons. The molecule has 0 spiro atoms. The Kier molecular flexibility index (Phi) is 5.63. The van der Waals surface area contributed by atoms with Crippen LogP contribution in [0.25, 0.3) is 0 Å². The molecule has 0 aliphatic heterocycles. The third-order valence-corrected chi connectivity index (χ3v) is 3.05. The number of nitrogens with two attached hydrogens (primary N) is 1. The van der Waals surface area contributed by atoms with Gasteiger partial charge in [0, 0.05) is 6.04 Å². The van der Waals surface area contributed by atoms with E-state index in [2.05, 4.69) is 5.32 Å². The van der Waals surface area contributed by atoms with Gasteiger partial charge in [-0.05, 0) is 37.1 Å². The normalized spacial score (nSPS) is 12.3. The van der Waals surface area contributed by atoms with Crippen LogP contribution in [0.3, 0.4) is 0 Å². The van der Waals surface area contributed by atoms with Crippen LogP contribution >= 0.6 is 0 Å². The van der Waals surface area contributed by atoms with Crippen molar-refractivity contribution in [3.63, 3.8) is 0 Å². The van der Waals surface area contributed by atoms with Crippen molar-refractivity contribution in [1.82, 2.24) is 5.32 Å². The molecule has 0 radical (unpaired) electrons. The van der Waals surface area contributed by atoms with E-state index in [9.17, 15) is 9.90 Å². The summed E-state index contributed by atoms with van der Waals surface area (Å²) in [5.41, 5.74) is 5.75. The number of hydrogen-bond donors (Lipinski definition) is 3. The zero-order chi connectivity index (χ0) is 14.4. The Labute approximate surface area is 113 Å². The number of benzene rings is 1. The number of methoxy groups -OCH3 is 1. The maximum absolute atomic E-state index is 12.2. The molecular weight excluding hydrogens is 244 g/mol. The zero-order valence-corrected chi connectivity index (χ0v) is 11.6. The molecule has 19 heavy (non-hydrogen) atoms. The van der Waals surface area contributed by atoms with E-state index in [1.165, 1.54) is 19.2 Å². The number of carbonyl (C=O) groups excluding carboxylic acids is 1. The van der Waals surface area contributed by atoms with Gasteiger partial charge >= 0.3 is 0 Å². The third-order valence-electron chi connectivity index (χ3n) is 3.05. The van der Waals surface area contributed by atoms with E-state index in [1.54, 1.807) is 6.07 Å². The van der Waals surface area contributed by atoms with Gasteiger partial charge in [-0.1, -0.05) is 13.8 Å². The summed E-state index contributed by atoms with van der Waals surface area (Å²) in [4.78, 5) is 12.2. The average Bonchev–Trinajstić information content (AvgIpc) is 2.38. The molecule has 0 fully saturated rings. The van der Waals surface area contributed by atoms with Crippen molar-refractivity contribution in [3.05, 3.63) is 23.8 Å². The highest BCUT2D eigenvalue weighted by atomic mass is 16.5. The minimum atomic E-state index is -0.316. The fourth-order valence-corrected chi connectivity index (χ4v) is 1.82. The summed E-state index contributed by atoms with van der Waals surface area (Å²) >= 11 is 0. The van der Waals surface area contributed by atoms with Crippen molar-refractivity contribution in [2.24, 2.45) is 11.7 Å². The van der Waals surface area contributed by atoms with Gasteiger partial charge in [0.05, 0.1) is 12.7 Å². The quantitative estimate of drug-likeness (QED) is 0.728. The van der Waals surface area contributed by atoms with Gasteiger partial charge < -0.3 is 20.9 Å². The van der Waals surface area contributed by atoms with Crippen molar-refractivity contribution in [3.8, 4) is 11.5 Å².